The first kappa shape index (κ1) is 18.2. The van der Waals surface area contributed by atoms with Gasteiger partial charge in [-0.3, -0.25) is 9.69 Å². The van der Waals surface area contributed by atoms with Gasteiger partial charge in [0.15, 0.2) is 0 Å². The summed E-state index contributed by atoms with van der Waals surface area (Å²) in [5, 5.41) is 7.75. The Bertz CT molecular complexity index is 798. The van der Waals surface area contributed by atoms with Gasteiger partial charge in [-0.25, -0.2) is 4.68 Å². The van der Waals surface area contributed by atoms with Crippen molar-refractivity contribution in [2.75, 3.05) is 25.0 Å². The van der Waals surface area contributed by atoms with Crippen LogP contribution in [0.1, 0.15) is 43.5 Å². The van der Waals surface area contributed by atoms with Crippen molar-refractivity contribution < 1.29 is 4.79 Å². The minimum Gasteiger partial charge on any atom is -0.322 e. The number of amides is 1. The van der Waals surface area contributed by atoms with Gasteiger partial charge in [0, 0.05) is 6.54 Å². The lowest BCUT2D eigenvalue weighted by Gasteiger charge is -2.41. The third kappa shape index (κ3) is 3.93. The van der Waals surface area contributed by atoms with Crippen LogP contribution in [-0.2, 0) is 4.79 Å². The van der Waals surface area contributed by atoms with E-state index in [4.69, 9.17) is 0 Å². The predicted molar refractivity (Wildman–Crippen MR) is 108 cm³/mol. The number of aromatic nitrogens is 2. The number of carbonyl (C=O) groups is 1. The smallest absolute Gasteiger partial charge is 0.238 e. The van der Waals surface area contributed by atoms with Gasteiger partial charge in [-0.05, 0) is 57.2 Å². The molecule has 2 aliphatic rings. The quantitative estimate of drug-likeness (QED) is 0.892. The summed E-state index contributed by atoms with van der Waals surface area (Å²) < 4.78 is 1.90. The van der Waals surface area contributed by atoms with Crippen LogP contribution in [-0.4, -0.2) is 40.2 Å². The van der Waals surface area contributed by atoms with Gasteiger partial charge < -0.3 is 5.32 Å². The molecule has 0 bridgehead atoms. The van der Waals surface area contributed by atoms with Gasteiger partial charge in [0.05, 0.1) is 29.3 Å². The number of likely N-dealkylation sites (tertiary alicyclic amines) is 1. The number of nitrogens with one attached hydrogen (secondary N) is 1. The number of anilines is 1. The third-order valence-electron chi connectivity index (χ3n) is 6.30. The van der Waals surface area contributed by atoms with E-state index in [1.54, 1.807) is 0 Å². The molecule has 1 amide bonds. The maximum Gasteiger partial charge on any atom is 0.238 e. The number of para-hydroxylation sites is 1. The Hall–Kier alpha value is -2.14. The fraction of sp³-hybridized carbons (Fsp3) is 0.545. The van der Waals surface area contributed by atoms with Crippen LogP contribution < -0.4 is 5.32 Å². The number of benzene rings is 1. The summed E-state index contributed by atoms with van der Waals surface area (Å²) in [5.41, 5.74) is 3.68. The molecule has 5 nitrogen and oxygen atoms in total. The summed E-state index contributed by atoms with van der Waals surface area (Å²) in [6.07, 6.45) is 6.73. The van der Waals surface area contributed by atoms with Crippen molar-refractivity contribution >= 4 is 11.6 Å². The Morgan fingerprint density at radius 2 is 1.85 bits per heavy atom. The van der Waals surface area contributed by atoms with E-state index in [1.165, 1.54) is 32.1 Å². The zero-order valence-electron chi connectivity index (χ0n) is 16.4. The summed E-state index contributed by atoms with van der Waals surface area (Å²) >= 11 is 0. The summed E-state index contributed by atoms with van der Waals surface area (Å²) in [5.74, 6) is 1.76. The number of hydrogen-bond acceptors (Lipinski definition) is 3. The highest BCUT2D eigenvalue weighted by Gasteiger charge is 2.31. The van der Waals surface area contributed by atoms with Gasteiger partial charge in [0.25, 0.3) is 0 Å². The number of piperidine rings is 1. The molecule has 1 aromatic heterocycles. The van der Waals surface area contributed by atoms with E-state index in [0.29, 0.717) is 6.54 Å². The van der Waals surface area contributed by atoms with Gasteiger partial charge in [0.1, 0.15) is 0 Å². The van der Waals surface area contributed by atoms with E-state index >= 15 is 0 Å². The molecule has 1 aliphatic carbocycles. The SMILES string of the molecule is Cc1nn(-c2ccccc2)c(C)c1NC(=O)CN1CC[C@H]2CCCC[C@@H]2C1. The van der Waals surface area contributed by atoms with Crippen molar-refractivity contribution in [3.05, 3.63) is 41.7 Å². The predicted octanol–water partition coefficient (Wildman–Crippen LogP) is 3.94. The van der Waals surface area contributed by atoms with Gasteiger partial charge in [-0.2, -0.15) is 5.10 Å². The highest BCUT2D eigenvalue weighted by molar-refractivity contribution is 5.93. The van der Waals surface area contributed by atoms with Crippen molar-refractivity contribution in [3.8, 4) is 5.69 Å². The van der Waals surface area contributed by atoms with E-state index < -0.39 is 0 Å². The molecule has 0 radical (unpaired) electrons. The number of nitrogens with zero attached hydrogens (tertiary/aromatic N) is 3. The molecule has 2 fully saturated rings. The fourth-order valence-electron chi connectivity index (χ4n) is 4.85. The summed E-state index contributed by atoms with van der Waals surface area (Å²) in [6.45, 7) is 6.58. The lowest BCUT2D eigenvalue weighted by atomic mass is 9.75. The molecular weight excluding hydrogens is 336 g/mol. The van der Waals surface area contributed by atoms with Crippen molar-refractivity contribution in [3.63, 3.8) is 0 Å². The van der Waals surface area contributed by atoms with Crippen LogP contribution in [0.4, 0.5) is 5.69 Å². The lowest BCUT2D eigenvalue weighted by Crippen LogP contribution is -2.44. The normalized spacial score (nSPS) is 23.0. The zero-order valence-corrected chi connectivity index (χ0v) is 16.4. The van der Waals surface area contributed by atoms with Gasteiger partial charge >= 0.3 is 0 Å². The second kappa shape index (κ2) is 7.85. The highest BCUT2D eigenvalue weighted by Crippen LogP contribution is 2.36. The topological polar surface area (TPSA) is 50.2 Å². The highest BCUT2D eigenvalue weighted by atomic mass is 16.2. The third-order valence-corrected chi connectivity index (χ3v) is 6.30. The van der Waals surface area contributed by atoms with Crippen molar-refractivity contribution in [1.29, 1.82) is 0 Å². The molecule has 144 valence electrons. The molecule has 1 aliphatic heterocycles. The van der Waals surface area contributed by atoms with Crippen LogP contribution in [0.25, 0.3) is 5.69 Å². The van der Waals surface area contributed by atoms with E-state index in [9.17, 15) is 4.79 Å². The Kier molecular flexibility index (Phi) is 5.30. The van der Waals surface area contributed by atoms with Gasteiger partial charge in [-0.15, -0.1) is 0 Å². The molecule has 2 heterocycles. The van der Waals surface area contributed by atoms with Gasteiger partial charge in [-0.1, -0.05) is 37.5 Å². The molecule has 27 heavy (non-hydrogen) atoms. The lowest BCUT2D eigenvalue weighted by molar-refractivity contribution is -0.118. The molecule has 2 aromatic rings. The van der Waals surface area contributed by atoms with Crippen LogP contribution in [0.3, 0.4) is 0 Å². The van der Waals surface area contributed by atoms with Crippen molar-refractivity contribution in [2.45, 2.75) is 46.0 Å². The average Bonchev–Trinajstić information content (AvgIpc) is 2.97. The van der Waals surface area contributed by atoms with Crippen LogP contribution in [0.5, 0.6) is 0 Å². The molecule has 1 aromatic carbocycles. The Morgan fingerprint density at radius 1 is 1.11 bits per heavy atom. The fourth-order valence-corrected chi connectivity index (χ4v) is 4.85. The van der Waals surface area contributed by atoms with E-state index in [2.05, 4.69) is 15.3 Å². The molecule has 1 saturated heterocycles. The summed E-state index contributed by atoms with van der Waals surface area (Å²) in [6, 6.07) is 10.0. The van der Waals surface area contributed by atoms with Crippen LogP contribution >= 0.6 is 0 Å². The second-order valence-corrected chi connectivity index (χ2v) is 8.17. The van der Waals surface area contributed by atoms with Crippen molar-refractivity contribution in [2.24, 2.45) is 11.8 Å². The first-order valence-electron chi connectivity index (χ1n) is 10.3. The zero-order chi connectivity index (χ0) is 18.8. The van der Waals surface area contributed by atoms with Crippen LogP contribution in [0, 0.1) is 25.7 Å². The van der Waals surface area contributed by atoms with Crippen molar-refractivity contribution in [1.82, 2.24) is 14.7 Å². The molecule has 0 unspecified atom stereocenters. The standard InChI is InChI=1S/C22H30N4O/c1-16-22(17(2)26(24-16)20-10-4-3-5-11-20)23-21(27)15-25-13-12-18-8-6-7-9-19(18)14-25/h3-5,10-11,18-19H,6-9,12-15H2,1-2H3,(H,23,27)/t18-,19-/m1/s1. The van der Waals surface area contributed by atoms with Gasteiger partial charge in [0.2, 0.25) is 5.91 Å². The number of fused-ring (bicyclic) bond motifs is 1. The number of aryl methyl sites for hydroxylation is 1. The number of carbonyl (C=O) groups excluding carboxylic acids is 1. The average molecular weight is 367 g/mol. The maximum absolute atomic E-state index is 12.7. The second-order valence-electron chi connectivity index (χ2n) is 8.17. The molecule has 4 rings (SSSR count). The minimum atomic E-state index is 0.0723. The minimum absolute atomic E-state index is 0.0723. The monoisotopic (exact) mass is 366 g/mol. The van der Waals surface area contributed by atoms with E-state index in [-0.39, 0.29) is 5.91 Å². The van der Waals surface area contributed by atoms with Crippen LogP contribution in [0.2, 0.25) is 0 Å². The largest absolute Gasteiger partial charge is 0.322 e. The molecule has 1 N–H and O–H groups in total. The van der Waals surface area contributed by atoms with E-state index in [0.717, 1.165) is 47.7 Å². The Balaban J connectivity index is 1.41. The molecular formula is C22H30N4O. The number of rotatable bonds is 4. The summed E-state index contributed by atoms with van der Waals surface area (Å²) in [4.78, 5) is 15.0. The summed E-state index contributed by atoms with van der Waals surface area (Å²) in [7, 11) is 0. The molecule has 0 spiro atoms. The Morgan fingerprint density at radius 3 is 2.63 bits per heavy atom. The molecule has 2 atom stereocenters. The number of hydrogen-bond donors (Lipinski definition) is 1. The van der Waals surface area contributed by atoms with Crippen LogP contribution in [0.15, 0.2) is 30.3 Å². The van der Waals surface area contributed by atoms with E-state index in [1.807, 2.05) is 48.9 Å². The maximum atomic E-state index is 12.7. The first-order valence-corrected chi connectivity index (χ1v) is 10.3. The first-order chi connectivity index (χ1) is 13.1. The Labute approximate surface area is 161 Å². The molecule has 5 heteroatoms. The molecule has 1 saturated carbocycles.